The summed E-state index contributed by atoms with van der Waals surface area (Å²) < 4.78 is 5.21. The normalized spacial score (nSPS) is 10.6. The second-order valence-corrected chi connectivity index (χ2v) is 4.87. The van der Waals surface area contributed by atoms with Gasteiger partial charge in [0.05, 0.1) is 30.2 Å². The Morgan fingerprint density at radius 3 is 2.95 bits per heavy atom. The number of nitrogens with zero attached hydrogens (tertiary/aromatic N) is 1. The summed E-state index contributed by atoms with van der Waals surface area (Å²) in [5.74, 6) is 0.308. The second-order valence-electron chi connectivity index (χ2n) is 4.43. The van der Waals surface area contributed by atoms with Gasteiger partial charge in [0.1, 0.15) is 5.75 Å². The summed E-state index contributed by atoms with van der Waals surface area (Å²) in [5.41, 5.74) is 2.67. The number of methoxy groups -OCH3 is 1. The molecule has 0 aliphatic carbocycles. The molecule has 2 aromatic carbocycles. The van der Waals surface area contributed by atoms with Crippen LogP contribution in [0.3, 0.4) is 0 Å². The Morgan fingerprint density at radius 1 is 1.29 bits per heavy atom. The molecule has 0 aliphatic heterocycles. The van der Waals surface area contributed by atoms with Crippen LogP contribution in [-0.2, 0) is 0 Å². The average molecular weight is 302 g/mol. The predicted octanol–water partition coefficient (Wildman–Crippen LogP) is 3.48. The zero-order chi connectivity index (χ0) is 14.8. The van der Waals surface area contributed by atoms with E-state index in [1.54, 1.807) is 42.7 Å². The largest absolute Gasteiger partial charge is 0.495 e. The Labute approximate surface area is 125 Å². The predicted molar refractivity (Wildman–Crippen MR) is 82.1 cm³/mol. The molecule has 0 fully saturated rings. The third kappa shape index (κ3) is 2.68. The lowest BCUT2D eigenvalue weighted by Gasteiger charge is -2.10. The highest BCUT2D eigenvalue weighted by atomic mass is 35.5. The molecule has 1 amide bonds. The van der Waals surface area contributed by atoms with Crippen molar-refractivity contribution in [1.82, 2.24) is 9.97 Å². The number of carbonyl (C=O) groups is 1. The van der Waals surface area contributed by atoms with Gasteiger partial charge in [0, 0.05) is 10.6 Å². The number of carbonyl (C=O) groups excluding carboxylic acids is 1. The maximum atomic E-state index is 12.3. The van der Waals surface area contributed by atoms with Crippen molar-refractivity contribution in [2.75, 3.05) is 12.4 Å². The van der Waals surface area contributed by atoms with Crippen LogP contribution in [0, 0.1) is 0 Å². The molecule has 2 N–H and O–H groups in total. The highest BCUT2D eigenvalue weighted by molar-refractivity contribution is 6.31. The van der Waals surface area contributed by atoms with Gasteiger partial charge >= 0.3 is 0 Å². The van der Waals surface area contributed by atoms with Crippen LogP contribution in [0.4, 0.5) is 5.69 Å². The number of fused-ring (bicyclic) bond motifs is 1. The first-order valence-electron chi connectivity index (χ1n) is 6.25. The first-order valence-corrected chi connectivity index (χ1v) is 6.63. The summed E-state index contributed by atoms with van der Waals surface area (Å²) in [6, 6.07) is 10.3. The van der Waals surface area contributed by atoms with Crippen LogP contribution in [0.15, 0.2) is 42.7 Å². The van der Waals surface area contributed by atoms with Gasteiger partial charge in [-0.15, -0.1) is 0 Å². The molecular formula is C15H12ClN3O2. The monoisotopic (exact) mass is 301 g/mol. The zero-order valence-electron chi connectivity index (χ0n) is 11.2. The van der Waals surface area contributed by atoms with E-state index in [-0.39, 0.29) is 5.91 Å². The smallest absolute Gasteiger partial charge is 0.255 e. The Bertz CT molecular complexity index is 814. The van der Waals surface area contributed by atoms with Crippen molar-refractivity contribution in [3.8, 4) is 5.75 Å². The summed E-state index contributed by atoms with van der Waals surface area (Å²) in [7, 11) is 1.54. The lowest BCUT2D eigenvalue weighted by atomic mass is 10.2. The van der Waals surface area contributed by atoms with Crippen molar-refractivity contribution in [2.24, 2.45) is 0 Å². The van der Waals surface area contributed by atoms with Gasteiger partial charge in [-0.1, -0.05) is 11.6 Å². The SMILES string of the molecule is COc1ccc(Cl)cc1NC(=O)c1ccc2nc[nH]c2c1. The standard InChI is InChI=1S/C15H12ClN3O2/c1-21-14-5-3-10(16)7-13(14)19-15(20)9-2-4-11-12(6-9)18-8-17-11/h2-8H,1H3,(H,17,18)(H,19,20). The molecule has 0 bridgehead atoms. The number of aromatic amines is 1. The number of imidazole rings is 1. The van der Waals surface area contributed by atoms with Crippen LogP contribution < -0.4 is 10.1 Å². The lowest BCUT2D eigenvalue weighted by Crippen LogP contribution is -2.12. The number of rotatable bonds is 3. The number of H-pyrrole nitrogens is 1. The van der Waals surface area contributed by atoms with E-state index in [1.807, 2.05) is 0 Å². The summed E-state index contributed by atoms with van der Waals surface area (Å²) in [6.07, 6.45) is 1.59. The minimum Gasteiger partial charge on any atom is -0.495 e. The van der Waals surface area contributed by atoms with Gasteiger partial charge in [0.15, 0.2) is 0 Å². The maximum absolute atomic E-state index is 12.3. The van der Waals surface area contributed by atoms with Crippen LogP contribution in [0.2, 0.25) is 5.02 Å². The zero-order valence-corrected chi connectivity index (χ0v) is 11.9. The van der Waals surface area contributed by atoms with Gasteiger partial charge in [-0.3, -0.25) is 4.79 Å². The molecule has 0 saturated carbocycles. The number of benzene rings is 2. The van der Waals surface area contributed by atoms with Crippen molar-refractivity contribution in [3.63, 3.8) is 0 Å². The van der Waals surface area contributed by atoms with Crippen molar-refractivity contribution in [3.05, 3.63) is 53.3 Å². The van der Waals surface area contributed by atoms with E-state index in [1.165, 1.54) is 7.11 Å². The second kappa shape index (κ2) is 5.46. The summed E-state index contributed by atoms with van der Waals surface area (Å²) in [6.45, 7) is 0. The number of nitrogens with one attached hydrogen (secondary N) is 2. The first kappa shape index (κ1) is 13.5. The minimum absolute atomic E-state index is 0.243. The number of ether oxygens (including phenoxy) is 1. The van der Waals surface area contributed by atoms with Gasteiger partial charge in [-0.05, 0) is 36.4 Å². The van der Waals surface area contributed by atoms with E-state index in [2.05, 4.69) is 15.3 Å². The van der Waals surface area contributed by atoms with E-state index in [0.29, 0.717) is 22.0 Å². The van der Waals surface area contributed by atoms with Crippen LogP contribution >= 0.6 is 11.6 Å². The van der Waals surface area contributed by atoms with Gasteiger partial charge in [0.2, 0.25) is 0 Å². The highest BCUT2D eigenvalue weighted by Crippen LogP contribution is 2.28. The van der Waals surface area contributed by atoms with Gasteiger partial charge in [-0.2, -0.15) is 0 Å². The van der Waals surface area contributed by atoms with Gasteiger partial charge in [-0.25, -0.2) is 4.98 Å². The fourth-order valence-corrected chi connectivity index (χ4v) is 2.22. The summed E-state index contributed by atoms with van der Waals surface area (Å²) >= 11 is 5.95. The van der Waals surface area contributed by atoms with Crippen molar-refractivity contribution < 1.29 is 9.53 Å². The maximum Gasteiger partial charge on any atom is 0.255 e. The van der Waals surface area contributed by atoms with Crippen LogP contribution in [0.1, 0.15) is 10.4 Å². The fourth-order valence-electron chi connectivity index (χ4n) is 2.05. The van der Waals surface area contributed by atoms with Gasteiger partial charge < -0.3 is 15.0 Å². The molecule has 5 nitrogen and oxygen atoms in total. The molecule has 0 spiro atoms. The number of amides is 1. The average Bonchev–Trinajstić information content (AvgIpc) is 2.94. The van der Waals surface area contributed by atoms with Crippen LogP contribution in [0.5, 0.6) is 5.75 Å². The quantitative estimate of drug-likeness (QED) is 0.778. The van der Waals surface area contributed by atoms with Crippen LogP contribution in [0.25, 0.3) is 11.0 Å². The molecule has 21 heavy (non-hydrogen) atoms. The van der Waals surface area contributed by atoms with Gasteiger partial charge in [0.25, 0.3) is 5.91 Å². The number of hydrogen-bond donors (Lipinski definition) is 2. The van der Waals surface area contributed by atoms with Crippen molar-refractivity contribution in [2.45, 2.75) is 0 Å². The molecule has 3 aromatic rings. The Kier molecular flexibility index (Phi) is 3.50. The fraction of sp³-hybridized carbons (Fsp3) is 0.0667. The van der Waals surface area contributed by atoms with E-state index in [0.717, 1.165) is 11.0 Å². The Balaban J connectivity index is 1.90. The molecule has 3 rings (SSSR count). The number of anilines is 1. The topological polar surface area (TPSA) is 67.0 Å². The van der Waals surface area contributed by atoms with Crippen LogP contribution in [-0.4, -0.2) is 23.0 Å². The minimum atomic E-state index is -0.243. The summed E-state index contributed by atoms with van der Waals surface area (Å²) in [5, 5.41) is 3.32. The Hall–Kier alpha value is -2.53. The molecule has 1 heterocycles. The molecule has 106 valence electrons. The first-order chi connectivity index (χ1) is 10.2. The molecule has 0 atom stereocenters. The number of halogens is 1. The Morgan fingerprint density at radius 2 is 2.14 bits per heavy atom. The molecule has 0 aliphatic rings. The molecule has 0 saturated heterocycles. The third-order valence-corrected chi connectivity index (χ3v) is 3.33. The third-order valence-electron chi connectivity index (χ3n) is 3.09. The van der Waals surface area contributed by atoms with E-state index < -0.39 is 0 Å². The molecular weight excluding hydrogens is 290 g/mol. The summed E-state index contributed by atoms with van der Waals surface area (Å²) in [4.78, 5) is 19.4. The van der Waals surface area contributed by atoms with E-state index >= 15 is 0 Å². The number of hydrogen-bond acceptors (Lipinski definition) is 3. The van der Waals surface area contributed by atoms with Crippen molar-refractivity contribution >= 4 is 34.2 Å². The number of aromatic nitrogens is 2. The van der Waals surface area contributed by atoms with Crippen molar-refractivity contribution in [1.29, 1.82) is 0 Å². The highest BCUT2D eigenvalue weighted by Gasteiger charge is 2.11. The molecule has 0 unspecified atom stereocenters. The van der Waals surface area contributed by atoms with E-state index in [9.17, 15) is 4.79 Å². The molecule has 0 radical (unpaired) electrons. The lowest BCUT2D eigenvalue weighted by molar-refractivity contribution is 0.102. The van der Waals surface area contributed by atoms with E-state index in [4.69, 9.17) is 16.3 Å². The molecule has 6 heteroatoms. The molecule has 1 aromatic heterocycles.